The number of hydrogen-bond acceptors (Lipinski definition) is 2. The molecule has 2 N–H and O–H groups in total. The Balaban J connectivity index is 4.05. The molecule has 1 amide bonds. The van der Waals surface area contributed by atoms with Crippen molar-refractivity contribution in [3.05, 3.63) is 12.7 Å². The van der Waals surface area contributed by atoms with E-state index in [0.29, 0.717) is 13.1 Å². The lowest BCUT2D eigenvalue weighted by Gasteiger charge is -2.31. The van der Waals surface area contributed by atoms with E-state index in [2.05, 4.69) is 38.0 Å². The highest BCUT2D eigenvalue weighted by molar-refractivity contribution is 5.78. The maximum Gasteiger partial charge on any atom is 0.234 e. The molecule has 0 aromatic rings. The first-order valence-electron chi connectivity index (χ1n) is 5.76. The molecule has 0 saturated heterocycles. The van der Waals surface area contributed by atoms with Gasteiger partial charge in [0.2, 0.25) is 5.91 Å². The van der Waals surface area contributed by atoms with Crippen molar-refractivity contribution in [2.24, 2.45) is 0 Å². The largest absolute Gasteiger partial charge is 0.350 e. The van der Waals surface area contributed by atoms with Crippen LogP contribution >= 0.6 is 0 Å². The van der Waals surface area contributed by atoms with Crippen LogP contribution in [0, 0.1) is 0 Å². The summed E-state index contributed by atoms with van der Waals surface area (Å²) in [5.74, 6) is 0.0717. The van der Waals surface area contributed by atoms with Crippen molar-refractivity contribution in [3.8, 4) is 0 Å². The summed E-state index contributed by atoms with van der Waals surface area (Å²) in [5.41, 5.74) is -0.0209. The van der Waals surface area contributed by atoms with Gasteiger partial charge >= 0.3 is 0 Å². The van der Waals surface area contributed by atoms with Gasteiger partial charge in [0.1, 0.15) is 0 Å². The van der Waals surface area contributed by atoms with Crippen molar-refractivity contribution >= 4 is 5.91 Å². The molecule has 0 unspecified atom stereocenters. The highest BCUT2D eigenvalue weighted by atomic mass is 16.2. The van der Waals surface area contributed by atoms with Crippen LogP contribution in [0.15, 0.2) is 12.7 Å². The third-order valence-electron chi connectivity index (χ3n) is 3.01. The topological polar surface area (TPSA) is 41.1 Å². The number of amides is 1. The van der Waals surface area contributed by atoms with Crippen molar-refractivity contribution in [1.82, 2.24) is 10.6 Å². The first-order valence-corrected chi connectivity index (χ1v) is 5.76. The van der Waals surface area contributed by atoms with Crippen LogP contribution in [-0.4, -0.2) is 24.5 Å². The minimum Gasteiger partial charge on any atom is -0.350 e. The molecule has 88 valence electrons. The Morgan fingerprint density at radius 3 is 2.20 bits per heavy atom. The summed E-state index contributed by atoms with van der Waals surface area (Å²) >= 11 is 0. The Bertz CT molecular complexity index is 190. The van der Waals surface area contributed by atoms with Crippen LogP contribution in [0.1, 0.15) is 40.0 Å². The number of hydrogen-bond donors (Lipinski definition) is 2. The van der Waals surface area contributed by atoms with Crippen LogP contribution in [0.4, 0.5) is 0 Å². The van der Waals surface area contributed by atoms with E-state index in [1.807, 2.05) is 0 Å². The quantitative estimate of drug-likeness (QED) is 0.476. The Kier molecular flexibility index (Phi) is 7.05. The van der Waals surface area contributed by atoms with Gasteiger partial charge in [0.05, 0.1) is 6.54 Å². The molecule has 15 heavy (non-hydrogen) atoms. The first kappa shape index (κ1) is 14.2. The summed E-state index contributed by atoms with van der Waals surface area (Å²) in [6.07, 6.45) is 4.69. The Labute approximate surface area is 93.3 Å². The lowest BCUT2D eigenvalue weighted by atomic mass is 9.90. The molecular weight excluding hydrogens is 188 g/mol. The molecule has 0 aliphatic carbocycles. The summed E-state index contributed by atoms with van der Waals surface area (Å²) in [6.45, 7) is 11.0. The van der Waals surface area contributed by atoms with Crippen LogP contribution in [0.25, 0.3) is 0 Å². The highest BCUT2D eigenvalue weighted by Crippen LogP contribution is 2.18. The zero-order valence-electron chi connectivity index (χ0n) is 10.2. The van der Waals surface area contributed by atoms with Crippen LogP contribution in [0.2, 0.25) is 0 Å². The summed E-state index contributed by atoms with van der Waals surface area (Å²) in [7, 11) is 0. The molecule has 0 atom stereocenters. The van der Waals surface area contributed by atoms with E-state index in [-0.39, 0.29) is 11.4 Å². The smallest absolute Gasteiger partial charge is 0.234 e. The molecule has 0 fully saturated rings. The second-order valence-corrected chi connectivity index (χ2v) is 3.81. The predicted molar refractivity (Wildman–Crippen MR) is 64.8 cm³/mol. The molecule has 0 aromatic carbocycles. The number of carbonyl (C=O) groups excluding carboxylic acids is 1. The van der Waals surface area contributed by atoms with Gasteiger partial charge in [0, 0.05) is 12.1 Å². The molecule has 0 aliphatic rings. The van der Waals surface area contributed by atoms with Gasteiger partial charge in [0.15, 0.2) is 0 Å². The molecule has 0 aromatic heterocycles. The fourth-order valence-electron chi connectivity index (χ4n) is 1.64. The van der Waals surface area contributed by atoms with E-state index in [1.54, 1.807) is 6.08 Å². The van der Waals surface area contributed by atoms with E-state index < -0.39 is 0 Å². The zero-order valence-corrected chi connectivity index (χ0v) is 10.2. The molecule has 0 spiro atoms. The fraction of sp³-hybridized carbons (Fsp3) is 0.750. The summed E-state index contributed by atoms with van der Waals surface area (Å²) in [6, 6.07) is 0. The zero-order chi connectivity index (χ0) is 11.7. The lowest BCUT2D eigenvalue weighted by Crippen LogP contribution is -2.49. The molecule has 3 nitrogen and oxygen atoms in total. The van der Waals surface area contributed by atoms with Gasteiger partial charge in [-0.3, -0.25) is 4.79 Å². The molecular formula is C12H24N2O. The third kappa shape index (κ3) is 4.98. The number of nitrogens with one attached hydrogen (secondary N) is 2. The van der Waals surface area contributed by atoms with Gasteiger partial charge in [-0.15, -0.1) is 6.58 Å². The van der Waals surface area contributed by atoms with Crippen LogP contribution in [0.3, 0.4) is 0 Å². The Morgan fingerprint density at radius 1 is 1.27 bits per heavy atom. The first-order chi connectivity index (χ1) is 7.14. The molecule has 0 bridgehead atoms. The average molecular weight is 212 g/mol. The van der Waals surface area contributed by atoms with E-state index >= 15 is 0 Å². The van der Waals surface area contributed by atoms with Crippen molar-refractivity contribution in [1.29, 1.82) is 0 Å². The predicted octanol–water partition coefficient (Wildman–Crippen LogP) is 1.85. The Morgan fingerprint density at radius 2 is 1.80 bits per heavy atom. The van der Waals surface area contributed by atoms with Crippen molar-refractivity contribution in [2.45, 2.75) is 45.6 Å². The van der Waals surface area contributed by atoms with Gasteiger partial charge in [0.25, 0.3) is 0 Å². The summed E-state index contributed by atoms with van der Waals surface area (Å²) < 4.78 is 0. The fourth-order valence-corrected chi connectivity index (χ4v) is 1.64. The van der Waals surface area contributed by atoms with Crippen LogP contribution in [0.5, 0.6) is 0 Å². The summed E-state index contributed by atoms with van der Waals surface area (Å²) in [5, 5.41) is 6.10. The average Bonchev–Trinajstić information content (AvgIpc) is 2.26. The third-order valence-corrected chi connectivity index (χ3v) is 3.01. The van der Waals surface area contributed by atoms with E-state index in [0.717, 1.165) is 19.3 Å². The van der Waals surface area contributed by atoms with Gasteiger partial charge in [-0.05, 0) is 19.3 Å². The molecule has 0 saturated carbocycles. The monoisotopic (exact) mass is 212 g/mol. The molecule has 0 rings (SSSR count). The van der Waals surface area contributed by atoms with Crippen LogP contribution < -0.4 is 10.6 Å². The molecule has 0 aliphatic heterocycles. The number of rotatable bonds is 8. The normalized spacial score (nSPS) is 11.1. The van der Waals surface area contributed by atoms with E-state index in [4.69, 9.17) is 0 Å². The molecule has 0 radical (unpaired) electrons. The van der Waals surface area contributed by atoms with Gasteiger partial charge in [-0.2, -0.15) is 0 Å². The molecule has 3 heteroatoms. The second-order valence-electron chi connectivity index (χ2n) is 3.81. The SMILES string of the molecule is C=CCNCC(=O)NC(CC)(CC)CC. The minimum atomic E-state index is -0.0209. The van der Waals surface area contributed by atoms with Crippen molar-refractivity contribution < 1.29 is 4.79 Å². The van der Waals surface area contributed by atoms with E-state index in [1.165, 1.54) is 0 Å². The maximum absolute atomic E-state index is 11.6. The molecule has 0 heterocycles. The summed E-state index contributed by atoms with van der Waals surface area (Å²) in [4.78, 5) is 11.6. The standard InChI is InChI=1S/C12H24N2O/c1-5-9-13-10-11(15)14-12(6-2,7-3)8-4/h5,13H,1,6-10H2,2-4H3,(H,14,15). The lowest BCUT2D eigenvalue weighted by molar-refractivity contribution is -0.122. The second kappa shape index (κ2) is 7.46. The highest BCUT2D eigenvalue weighted by Gasteiger charge is 2.25. The minimum absolute atomic E-state index is 0.0209. The van der Waals surface area contributed by atoms with Gasteiger partial charge in [-0.1, -0.05) is 26.8 Å². The van der Waals surface area contributed by atoms with E-state index in [9.17, 15) is 4.79 Å². The number of carbonyl (C=O) groups is 1. The van der Waals surface area contributed by atoms with Gasteiger partial charge < -0.3 is 10.6 Å². The Hall–Kier alpha value is -0.830. The van der Waals surface area contributed by atoms with Crippen molar-refractivity contribution in [2.75, 3.05) is 13.1 Å². The van der Waals surface area contributed by atoms with Crippen LogP contribution in [-0.2, 0) is 4.79 Å². The maximum atomic E-state index is 11.6. The van der Waals surface area contributed by atoms with Crippen molar-refractivity contribution in [3.63, 3.8) is 0 Å². The van der Waals surface area contributed by atoms with Gasteiger partial charge in [-0.25, -0.2) is 0 Å².